The molecule has 126 valence electrons. The Hall–Kier alpha value is -0.213. The fourth-order valence-corrected chi connectivity index (χ4v) is 5.21. The number of hydrogen-bond acceptors (Lipinski definition) is 4. The first kappa shape index (κ1) is 19.8. The normalized spacial score (nSPS) is 15.4. The van der Waals surface area contributed by atoms with Gasteiger partial charge in [-0.3, -0.25) is 9.52 Å². The van der Waals surface area contributed by atoms with Gasteiger partial charge in [0.15, 0.2) is 19.3 Å². The maximum absolute atomic E-state index is 12.0. The Labute approximate surface area is 145 Å². The van der Waals surface area contributed by atoms with E-state index in [1.165, 1.54) is 11.3 Å². The molecule has 1 aromatic heterocycles. The zero-order chi connectivity index (χ0) is 17.1. The third-order valence-electron chi connectivity index (χ3n) is 3.71. The molecule has 22 heavy (non-hydrogen) atoms. The SMILES string of the molecule is C[C@@H](CC(=O)N[S@@](=O)c1ccc(Cl)s1)O[Si](C)(C)C(C)(C)C. The quantitative estimate of drug-likeness (QED) is 0.745. The summed E-state index contributed by atoms with van der Waals surface area (Å²) in [6.45, 7) is 12.6. The van der Waals surface area contributed by atoms with Crippen LogP contribution in [0.3, 0.4) is 0 Å². The van der Waals surface area contributed by atoms with Crippen molar-refractivity contribution in [2.75, 3.05) is 0 Å². The average molecular weight is 382 g/mol. The van der Waals surface area contributed by atoms with Gasteiger partial charge in [0.1, 0.15) is 4.21 Å². The summed E-state index contributed by atoms with van der Waals surface area (Å²) in [5.74, 6) is -0.283. The summed E-state index contributed by atoms with van der Waals surface area (Å²) in [4.78, 5) is 12.0. The van der Waals surface area contributed by atoms with Gasteiger partial charge in [-0.2, -0.15) is 0 Å². The van der Waals surface area contributed by atoms with Crippen LogP contribution < -0.4 is 4.72 Å². The minimum atomic E-state index is -1.91. The third kappa shape index (κ3) is 5.77. The Balaban J connectivity index is 2.53. The van der Waals surface area contributed by atoms with E-state index in [1.807, 2.05) is 6.92 Å². The Kier molecular flexibility index (Phi) is 6.83. The van der Waals surface area contributed by atoms with Gasteiger partial charge in [-0.15, -0.1) is 11.3 Å². The largest absolute Gasteiger partial charge is 0.414 e. The first-order valence-electron chi connectivity index (χ1n) is 7.07. The minimum absolute atomic E-state index is 0.0915. The summed E-state index contributed by atoms with van der Waals surface area (Å²) < 4.78 is 21.7. The van der Waals surface area contributed by atoms with Crippen molar-refractivity contribution in [1.29, 1.82) is 0 Å². The predicted octanol–water partition coefficient (Wildman–Crippen LogP) is 4.34. The number of nitrogens with one attached hydrogen (secondary N) is 1. The van der Waals surface area contributed by atoms with Gasteiger partial charge in [-0.25, -0.2) is 4.21 Å². The Morgan fingerprint density at radius 3 is 2.50 bits per heavy atom. The van der Waals surface area contributed by atoms with E-state index in [2.05, 4.69) is 38.6 Å². The second-order valence-electron chi connectivity index (χ2n) is 6.75. The molecule has 0 bridgehead atoms. The van der Waals surface area contributed by atoms with Crippen LogP contribution in [0.25, 0.3) is 0 Å². The van der Waals surface area contributed by atoms with E-state index >= 15 is 0 Å². The van der Waals surface area contributed by atoms with E-state index in [4.69, 9.17) is 16.0 Å². The number of thiophene rings is 1. The standard InChI is InChI=1S/C14H24ClNO3S2Si/c1-10(19-22(5,6)14(2,3)4)9-12(17)16-21(18)13-8-7-11(15)20-13/h7-8,10H,9H2,1-6H3,(H,16,17)/t10-,21-/m0/s1. The van der Waals surface area contributed by atoms with E-state index in [-0.39, 0.29) is 23.5 Å². The van der Waals surface area contributed by atoms with Gasteiger partial charge >= 0.3 is 0 Å². The van der Waals surface area contributed by atoms with Crippen LogP contribution in [0.2, 0.25) is 22.5 Å². The van der Waals surface area contributed by atoms with Crippen molar-refractivity contribution in [3.63, 3.8) is 0 Å². The first-order chi connectivity index (χ1) is 9.92. The fourth-order valence-electron chi connectivity index (χ4n) is 1.58. The Morgan fingerprint density at radius 2 is 2.05 bits per heavy atom. The molecule has 4 nitrogen and oxygen atoms in total. The van der Waals surface area contributed by atoms with E-state index < -0.39 is 19.3 Å². The number of halogens is 1. The Bertz CT molecular complexity index is 555. The lowest BCUT2D eigenvalue weighted by Crippen LogP contribution is -2.44. The lowest BCUT2D eigenvalue weighted by Gasteiger charge is -2.38. The molecule has 0 aromatic carbocycles. The predicted molar refractivity (Wildman–Crippen MR) is 96.2 cm³/mol. The molecule has 0 saturated carbocycles. The summed E-state index contributed by atoms with van der Waals surface area (Å²) in [5.41, 5.74) is 0. The highest BCUT2D eigenvalue weighted by Crippen LogP contribution is 2.37. The highest BCUT2D eigenvalue weighted by molar-refractivity contribution is 7.86. The minimum Gasteiger partial charge on any atom is -0.414 e. The third-order valence-corrected chi connectivity index (χ3v) is 11.0. The monoisotopic (exact) mass is 381 g/mol. The molecule has 1 rings (SSSR count). The molecule has 0 aliphatic heterocycles. The maximum Gasteiger partial charge on any atom is 0.234 e. The van der Waals surface area contributed by atoms with Crippen molar-refractivity contribution >= 4 is 48.1 Å². The van der Waals surface area contributed by atoms with Crippen LogP contribution in [-0.2, 0) is 20.2 Å². The molecule has 1 aromatic rings. The molecule has 0 fully saturated rings. The van der Waals surface area contributed by atoms with Crippen LogP contribution in [0.15, 0.2) is 16.3 Å². The van der Waals surface area contributed by atoms with E-state index in [0.717, 1.165) is 0 Å². The fraction of sp³-hybridized carbons (Fsp3) is 0.643. The zero-order valence-corrected chi connectivity index (χ0v) is 17.2. The van der Waals surface area contributed by atoms with Crippen molar-refractivity contribution in [3.8, 4) is 0 Å². The molecular weight excluding hydrogens is 358 g/mol. The molecule has 0 aliphatic rings. The molecular formula is C14H24ClNO3S2Si. The van der Waals surface area contributed by atoms with E-state index in [0.29, 0.717) is 8.55 Å². The van der Waals surface area contributed by atoms with Gasteiger partial charge in [0.05, 0.1) is 16.9 Å². The number of rotatable bonds is 6. The summed E-state index contributed by atoms with van der Waals surface area (Å²) in [5, 5.41) is 0.0915. The lowest BCUT2D eigenvalue weighted by molar-refractivity contribution is -0.120. The molecule has 0 aliphatic carbocycles. The van der Waals surface area contributed by atoms with Gasteiger partial charge in [0.2, 0.25) is 5.91 Å². The molecule has 0 radical (unpaired) electrons. The molecule has 1 N–H and O–H groups in total. The first-order valence-corrected chi connectivity index (χ1v) is 12.3. The summed E-state index contributed by atoms with van der Waals surface area (Å²) in [7, 11) is -3.47. The summed E-state index contributed by atoms with van der Waals surface area (Å²) in [6.07, 6.45) is -0.0121. The molecule has 8 heteroatoms. The van der Waals surface area contributed by atoms with Crippen molar-refractivity contribution in [2.45, 2.75) is 62.6 Å². The molecule has 0 saturated heterocycles. The second-order valence-corrected chi connectivity index (χ2v) is 14.7. The summed E-state index contributed by atoms with van der Waals surface area (Å²) >= 11 is 6.99. The number of carbonyl (C=O) groups excluding carboxylic acids is 1. The van der Waals surface area contributed by atoms with Gasteiger partial charge in [-0.1, -0.05) is 32.4 Å². The van der Waals surface area contributed by atoms with Crippen molar-refractivity contribution in [3.05, 3.63) is 16.5 Å². The van der Waals surface area contributed by atoms with Crippen molar-refractivity contribution in [2.24, 2.45) is 0 Å². The summed E-state index contributed by atoms with van der Waals surface area (Å²) in [6, 6.07) is 3.31. The van der Waals surface area contributed by atoms with Gasteiger partial charge < -0.3 is 4.43 Å². The molecule has 2 atom stereocenters. The topological polar surface area (TPSA) is 55.4 Å². The zero-order valence-electron chi connectivity index (χ0n) is 13.9. The molecule has 1 amide bonds. The van der Waals surface area contributed by atoms with Crippen LogP contribution >= 0.6 is 22.9 Å². The van der Waals surface area contributed by atoms with Gasteiger partial charge in [0.25, 0.3) is 0 Å². The smallest absolute Gasteiger partial charge is 0.234 e. The molecule has 0 unspecified atom stereocenters. The van der Waals surface area contributed by atoms with Crippen molar-refractivity contribution < 1.29 is 13.4 Å². The number of carbonyl (C=O) groups is 1. The second kappa shape index (κ2) is 7.57. The van der Waals surface area contributed by atoms with Gasteiger partial charge in [0, 0.05) is 0 Å². The lowest BCUT2D eigenvalue weighted by atomic mass is 10.2. The average Bonchev–Trinajstić information content (AvgIpc) is 2.72. The van der Waals surface area contributed by atoms with Crippen LogP contribution in [0.1, 0.15) is 34.1 Å². The molecule has 0 spiro atoms. The molecule has 1 heterocycles. The van der Waals surface area contributed by atoms with E-state index in [9.17, 15) is 9.00 Å². The highest BCUT2D eigenvalue weighted by Gasteiger charge is 2.38. The van der Waals surface area contributed by atoms with Crippen LogP contribution in [0.5, 0.6) is 0 Å². The Morgan fingerprint density at radius 1 is 1.45 bits per heavy atom. The van der Waals surface area contributed by atoms with Crippen molar-refractivity contribution in [1.82, 2.24) is 4.72 Å². The van der Waals surface area contributed by atoms with Gasteiger partial charge in [-0.05, 0) is 37.2 Å². The highest BCUT2D eigenvalue weighted by atomic mass is 35.5. The maximum atomic E-state index is 12.0. The van der Waals surface area contributed by atoms with E-state index in [1.54, 1.807) is 12.1 Å². The number of amides is 1. The number of hydrogen-bond donors (Lipinski definition) is 1. The van der Waals surface area contributed by atoms with Crippen LogP contribution in [-0.4, -0.2) is 24.5 Å². The van der Waals surface area contributed by atoms with Crippen LogP contribution in [0, 0.1) is 0 Å². The van der Waals surface area contributed by atoms with Crippen LogP contribution in [0.4, 0.5) is 0 Å².